The lowest BCUT2D eigenvalue weighted by Crippen LogP contribution is -2.57. The van der Waals surface area contributed by atoms with Gasteiger partial charge in [0.05, 0.1) is 35.9 Å². The smallest absolute Gasteiger partial charge is 0.236 e. The van der Waals surface area contributed by atoms with Gasteiger partial charge in [-0.15, -0.1) is 0 Å². The van der Waals surface area contributed by atoms with Gasteiger partial charge < -0.3 is 61.7 Å². The second-order valence-corrected chi connectivity index (χ2v) is 30.9. The molecule has 6 fully saturated rings. The van der Waals surface area contributed by atoms with Crippen molar-refractivity contribution >= 4 is 128 Å². The predicted molar refractivity (Wildman–Crippen MR) is 422 cm³/mol. The van der Waals surface area contributed by atoms with Gasteiger partial charge in [0, 0.05) is 106 Å². The van der Waals surface area contributed by atoms with Gasteiger partial charge in [-0.3, -0.25) is 34.5 Å². The van der Waals surface area contributed by atoms with Gasteiger partial charge in [0.2, 0.25) is 41.5 Å². The molecule has 33 heteroatoms. The van der Waals surface area contributed by atoms with Crippen molar-refractivity contribution in [3.8, 4) is 0 Å². The van der Waals surface area contributed by atoms with Crippen LogP contribution in [0.1, 0.15) is 125 Å². The largest absolute Gasteiger partial charge is 0.354 e. The van der Waals surface area contributed by atoms with Crippen molar-refractivity contribution in [3.63, 3.8) is 0 Å². The third-order valence-electron chi connectivity index (χ3n) is 21.5. The standard InChI is InChI=1S/C27H34ClFN8O.C26H33ClN8O.C24H26ClFN8O2/c1-16-12-23(31-27-30-15-21(28)25(33-27)32-24-13-17(2)34-35-24)22(29)14-20(16)18-6-10-37(11-7-18)26(38)19-4-8-36(3)9-5-19;1-15-10-22(29-26-28-12-21(27)24(31-26)30-23-11-17(3)32-33-23)16(2)9-20(15)18-5-7-35(8-6-18)25(36)19-13-34(4)14-19;1-12-7-19(29-24-28-11-17(25)21(31-24)30-20-8-13(2)32-33-20)18(26)9-15(12)14-3-5-34(6-4-14)23(36)16-10-27-22(16)35/h12-15,18-19H,4-11H2,1-3H3,(H3,30,31,32,33,34,35);9-12,18-19H,5-8,13-14H2,1-4H3,(H3,28,29,30,31,32,33);7-9,11,14,16H,3-6,10H2,1-2H3,(H,27,35)(H3,28,29,30,31,32,33). The van der Waals surface area contributed by atoms with Crippen molar-refractivity contribution < 1.29 is 28.0 Å². The van der Waals surface area contributed by atoms with Crippen LogP contribution in [0.4, 0.5) is 78.6 Å². The number of halogens is 5. The third-order valence-corrected chi connectivity index (χ3v) is 22.3. The summed E-state index contributed by atoms with van der Waals surface area (Å²) < 4.78 is 30.4. The molecular weight excluding hydrogens is 1470 g/mol. The Labute approximate surface area is 652 Å². The number of carbonyl (C=O) groups is 4. The summed E-state index contributed by atoms with van der Waals surface area (Å²) in [6.07, 6.45) is 11.5. The fourth-order valence-corrected chi connectivity index (χ4v) is 15.6. The lowest BCUT2D eigenvalue weighted by molar-refractivity contribution is -0.148. The number of likely N-dealkylation sites (tertiary alicyclic amines) is 5. The average molecular weight is 1560 g/mol. The van der Waals surface area contributed by atoms with Crippen molar-refractivity contribution in [3.05, 3.63) is 156 Å². The fourth-order valence-electron chi connectivity index (χ4n) is 15.2. The number of piperidine rings is 4. The number of carbonyl (C=O) groups excluding carboxylic acids is 4. The zero-order chi connectivity index (χ0) is 77.6. The number of H-pyrrole nitrogens is 3. The topological polar surface area (TPSA) is 332 Å². The second-order valence-electron chi connectivity index (χ2n) is 29.7. The minimum atomic E-state index is -0.555. The quantitative estimate of drug-likeness (QED) is 0.0282. The first kappa shape index (κ1) is 78.0. The van der Waals surface area contributed by atoms with E-state index in [4.69, 9.17) is 34.8 Å². The summed E-state index contributed by atoms with van der Waals surface area (Å²) >= 11 is 18.8. The van der Waals surface area contributed by atoms with E-state index in [1.54, 1.807) is 41.4 Å². The van der Waals surface area contributed by atoms with Gasteiger partial charge in [0.1, 0.15) is 32.6 Å². The van der Waals surface area contributed by atoms with E-state index >= 15 is 8.78 Å². The first-order valence-electron chi connectivity index (χ1n) is 37.3. The summed E-state index contributed by atoms with van der Waals surface area (Å²) in [7, 11) is 4.17. The van der Waals surface area contributed by atoms with Gasteiger partial charge in [-0.1, -0.05) is 40.9 Å². The maximum Gasteiger partial charge on any atom is 0.236 e. The molecule has 1 atom stereocenters. The van der Waals surface area contributed by atoms with Gasteiger partial charge in [0.15, 0.2) is 34.9 Å². The van der Waals surface area contributed by atoms with Gasteiger partial charge in [-0.25, -0.2) is 23.7 Å². The van der Waals surface area contributed by atoms with Crippen LogP contribution in [0.3, 0.4) is 0 Å². The molecule has 0 aliphatic carbocycles. The highest BCUT2D eigenvalue weighted by atomic mass is 35.5. The molecule has 12 heterocycles. The second kappa shape index (κ2) is 34.4. The maximum atomic E-state index is 15.2. The molecule has 0 radical (unpaired) electrons. The zero-order valence-electron chi connectivity index (χ0n) is 63.1. The highest BCUT2D eigenvalue weighted by Crippen LogP contribution is 2.40. The van der Waals surface area contributed by atoms with Crippen molar-refractivity contribution in [1.82, 2.24) is 90.3 Å². The van der Waals surface area contributed by atoms with E-state index in [0.717, 1.165) is 154 Å². The Morgan fingerprint density at radius 2 is 0.782 bits per heavy atom. The monoisotopic (exact) mass is 1560 g/mol. The molecule has 9 aromatic rings. The number of rotatable bonds is 18. The van der Waals surface area contributed by atoms with Crippen LogP contribution in [0, 0.1) is 77.9 Å². The zero-order valence-corrected chi connectivity index (χ0v) is 65.4. The van der Waals surface area contributed by atoms with E-state index in [9.17, 15) is 19.2 Å². The molecule has 3 aromatic carbocycles. The number of aromatic nitrogens is 12. The van der Waals surface area contributed by atoms with Gasteiger partial charge >= 0.3 is 0 Å². The maximum absolute atomic E-state index is 15.2. The summed E-state index contributed by atoms with van der Waals surface area (Å²) in [5.74, 6) is 3.93. The van der Waals surface area contributed by atoms with E-state index in [-0.39, 0.29) is 58.9 Å². The van der Waals surface area contributed by atoms with Crippen LogP contribution in [0.25, 0.3) is 0 Å². The molecule has 6 aliphatic rings. The summed E-state index contributed by atoms with van der Waals surface area (Å²) in [5.41, 5.74) is 11.8. The van der Waals surface area contributed by atoms with E-state index in [1.165, 1.54) is 23.5 Å². The average Bonchev–Trinajstić information content (AvgIpc) is 1.76. The summed E-state index contributed by atoms with van der Waals surface area (Å²) in [4.78, 5) is 86.1. The molecule has 0 spiro atoms. The van der Waals surface area contributed by atoms with Crippen molar-refractivity contribution in [1.29, 1.82) is 0 Å². The number of hydrogen-bond acceptors (Lipinski definition) is 21. The van der Waals surface area contributed by atoms with Crippen LogP contribution in [0.5, 0.6) is 0 Å². The number of aromatic amines is 3. The van der Waals surface area contributed by atoms with Gasteiger partial charge in [-0.2, -0.15) is 30.2 Å². The number of nitrogens with one attached hydrogen (secondary N) is 10. The van der Waals surface area contributed by atoms with E-state index < -0.39 is 11.7 Å². The Balaban J connectivity index is 0.000000145. The number of nitrogens with zero attached hydrogens (tertiary/aromatic N) is 14. The van der Waals surface area contributed by atoms with Gasteiger partial charge in [-0.05, 0) is 214 Å². The minimum Gasteiger partial charge on any atom is -0.354 e. The van der Waals surface area contributed by atoms with Crippen LogP contribution < -0.4 is 37.2 Å². The normalized spacial score (nSPS) is 17.6. The first-order chi connectivity index (χ1) is 52.8. The summed E-state index contributed by atoms with van der Waals surface area (Å²) in [5, 5.41) is 43.1. The fraction of sp³-hybridized carbons (Fsp3) is 0.442. The van der Waals surface area contributed by atoms with Crippen molar-refractivity contribution in [2.45, 2.75) is 118 Å². The van der Waals surface area contributed by atoms with Crippen LogP contribution in [-0.2, 0) is 19.2 Å². The first-order valence-corrected chi connectivity index (χ1v) is 38.4. The number of amides is 4. The molecule has 580 valence electrons. The Morgan fingerprint density at radius 3 is 1.13 bits per heavy atom. The molecule has 6 aliphatic heterocycles. The van der Waals surface area contributed by atoms with E-state index in [0.29, 0.717) is 99.0 Å². The molecule has 110 heavy (non-hydrogen) atoms. The highest BCUT2D eigenvalue weighted by Gasteiger charge is 2.40. The lowest BCUT2D eigenvalue weighted by atomic mass is 9.85. The Morgan fingerprint density at radius 1 is 0.427 bits per heavy atom. The molecule has 0 bridgehead atoms. The number of β-lactam (4-membered cyclic amide) rings is 1. The molecule has 6 saturated heterocycles. The summed E-state index contributed by atoms with van der Waals surface area (Å²) in [6.45, 7) is 22.3. The lowest BCUT2D eigenvalue weighted by Gasteiger charge is -2.40. The molecule has 10 N–H and O–H groups in total. The van der Waals surface area contributed by atoms with Crippen LogP contribution in [-0.4, -0.2) is 195 Å². The van der Waals surface area contributed by atoms with E-state index in [1.807, 2.05) is 51.7 Å². The third kappa shape index (κ3) is 18.8. The van der Waals surface area contributed by atoms with Crippen molar-refractivity contribution in [2.75, 3.05) is 118 Å². The molecule has 1 unspecified atom stereocenters. The van der Waals surface area contributed by atoms with Crippen LogP contribution in [0.15, 0.2) is 73.2 Å². The molecule has 6 aromatic heterocycles. The number of hydrogen-bond donors (Lipinski definition) is 10. The SMILES string of the molecule is Cc1cc(Nc2nc(Nc3cc(C)c(C4CCN(C(=O)C5CCN(C)CC5)CC4)cc3F)ncc2Cl)n[nH]1.Cc1cc(Nc2nc(Nc3cc(C)c(C4CCN(C(=O)C5CN(C)C5)CC4)cc3C)ncc2Cl)n[nH]1.Cc1cc(Nc2nc(Nc3cc(C)c(C4CCN(C(=O)C5CNC5=O)CC4)cc3F)ncc2Cl)n[nH]1. The molecule has 0 saturated carbocycles. The molecular formula is C77H93Cl3F2N24O4. The van der Waals surface area contributed by atoms with Gasteiger partial charge in [0.25, 0.3) is 0 Å². The Bertz CT molecular complexity index is 4830. The number of aryl methyl sites for hydroxylation is 7. The summed E-state index contributed by atoms with van der Waals surface area (Å²) in [6, 6.07) is 16.6. The number of benzene rings is 3. The predicted octanol–water partition coefficient (Wildman–Crippen LogP) is 13.2. The highest BCUT2D eigenvalue weighted by molar-refractivity contribution is 6.33. The van der Waals surface area contributed by atoms with Crippen LogP contribution >= 0.6 is 34.8 Å². The molecule has 15 rings (SSSR count). The van der Waals surface area contributed by atoms with Crippen molar-refractivity contribution in [2.24, 2.45) is 17.8 Å². The minimum absolute atomic E-state index is 0.112. The number of anilines is 12. The van der Waals surface area contributed by atoms with E-state index in [2.05, 4.69) is 152 Å². The Hall–Kier alpha value is -10.1. The van der Waals surface area contributed by atoms with Crippen LogP contribution in [0.2, 0.25) is 15.1 Å². The molecule has 4 amide bonds. The Kier molecular flexibility index (Phi) is 24.4. The molecule has 28 nitrogen and oxygen atoms in total.